The number of Topliss-reactive ketones (excluding diaryl/α,β-unsaturated/α-hetero) is 1. The largest absolute Gasteiger partial charge is 0.481 e. The van der Waals surface area contributed by atoms with Crippen LogP contribution in [0.1, 0.15) is 36.5 Å². The van der Waals surface area contributed by atoms with E-state index in [2.05, 4.69) is 5.32 Å². The van der Waals surface area contributed by atoms with Crippen LogP contribution in [0, 0.1) is 10.1 Å². The zero-order valence-electron chi connectivity index (χ0n) is 11.1. The van der Waals surface area contributed by atoms with Gasteiger partial charge in [0.25, 0.3) is 5.69 Å². The quantitative estimate of drug-likeness (QED) is 0.327. The second-order valence-corrected chi connectivity index (χ2v) is 4.19. The molecule has 0 spiro atoms. The highest BCUT2D eigenvalue weighted by Gasteiger charge is 2.16. The molecule has 0 aliphatic rings. The summed E-state index contributed by atoms with van der Waals surface area (Å²) in [6.07, 6.45) is 0.637. The van der Waals surface area contributed by atoms with Gasteiger partial charge in [-0.15, -0.1) is 0 Å². The second kappa shape index (κ2) is 7.22. The number of hydrogen-bond acceptors (Lipinski definition) is 5. The molecule has 1 aromatic carbocycles. The number of ketones is 1. The van der Waals surface area contributed by atoms with Crippen molar-refractivity contribution in [3.05, 3.63) is 33.9 Å². The highest BCUT2D eigenvalue weighted by atomic mass is 16.6. The summed E-state index contributed by atoms with van der Waals surface area (Å²) in [4.78, 5) is 32.3. The third-order valence-corrected chi connectivity index (χ3v) is 2.72. The Labute approximate surface area is 115 Å². The first-order valence-electron chi connectivity index (χ1n) is 6.23. The number of nitro benzene ring substituents is 1. The molecule has 0 aromatic heterocycles. The van der Waals surface area contributed by atoms with Crippen LogP contribution in [0.4, 0.5) is 11.4 Å². The summed E-state index contributed by atoms with van der Waals surface area (Å²) in [5.74, 6) is -1.07. The van der Waals surface area contributed by atoms with Crippen LogP contribution in [0.5, 0.6) is 0 Å². The average Bonchev–Trinajstić information content (AvgIpc) is 2.42. The molecule has 0 radical (unpaired) electrons. The Hall–Kier alpha value is -2.44. The van der Waals surface area contributed by atoms with E-state index in [0.29, 0.717) is 18.5 Å². The van der Waals surface area contributed by atoms with Crippen molar-refractivity contribution in [1.82, 2.24) is 0 Å². The predicted molar refractivity (Wildman–Crippen MR) is 73.1 cm³/mol. The van der Waals surface area contributed by atoms with E-state index in [-0.39, 0.29) is 30.0 Å². The minimum atomic E-state index is -0.912. The average molecular weight is 280 g/mol. The minimum absolute atomic E-state index is 0.00674. The van der Waals surface area contributed by atoms with Gasteiger partial charge in [0.05, 0.1) is 4.92 Å². The number of nitrogens with zero attached hydrogens (tertiary/aromatic N) is 1. The molecule has 0 aliphatic heterocycles. The van der Waals surface area contributed by atoms with Crippen molar-refractivity contribution in [2.24, 2.45) is 0 Å². The third kappa shape index (κ3) is 4.34. The molecule has 108 valence electrons. The van der Waals surface area contributed by atoms with Crippen LogP contribution < -0.4 is 5.32 Å². The number of anilines is 1. The van der Waals surface area contributed by atoms with Gasteiger partial charge in [-0.2, -0.15) is 0 Å². The topological polar surface area (TPSA) is 110 Å². The molecule has 0 fully saturated rings. The Bertz CT molecular complexity index is 527. The maximum Gasteiger partial charge on any atom is 0.303 e. The molecule has 7 nitrogen and oxygen atoms in total. The summed E-state index contributed by atoms with van der Waals surface area (Å²) in [5, 5.41) is 22.3. The van der Waals surface area contributed by atoms with Crippen LogP contribution in [0.25, 0.3) is 0 Å². The Morgan fingerprint density at radius 2 is 2.10 bits per heavy atom. The highest BCUT2D eigenvalue weighted by molar-refractivity contribution is 5.97. The Kier molecular flexibility index (Phi) is 5.64. The smallest absolute Gasteiger partial charge is 0.303 e. The molecule has 0 saturated carbocycles. The van der Waals surface area contributed by atoms with Crippen LogP contribution in [0.2, 0.25) is 0 Å². The first-order valence-corrected chi connectivity index (χ1v) is 6.23. The molecule has 0 atom stereocenters. The standard InChI is InChI=1S/C13H16N2O5/c1-2-12(16)9-5-6-10(11(8-9)15(19)20)14-7-3-4-13(17)18/h5-6,8,14H,2-4,7H2,1H3,(H,17,18). The van der Waals surface area contributed by atoms with Gasteiger partial charge < -0.3 is 10.4 Å². The van der Waals surface area contributed by atoms with Crippen LogP contribution in [0.15, 0.2) is 18.2 Å². The first kappa shape index (κ1) is 15.6. The molecular formula is C13H16N2O5. The number of carboxylic acid groups (broad SMARTS) is 1. The maximum absolute atomic E-state index is 11.5. The zero-order valence-corrected chi connectivity index (χ0v) is 11.1. The molecular weight excluding hydrogens is 264 g/mol. The number of aliphatic carboxylic acids is 1. The van der Waals surface area contributed by atoms with E-state index >= 15 is 0 Å². The maximum atomic E-state index is 11.5. The predicted octanol–water partition coefficient (Wildman–Crippen LogP) is 2.46. The van der Waals surface area contributed by atoms with Crippen molar-refractivity contribution in [2.75, 3.05) is 11.9 Å². The highest BCUT2D eigenvalue weighted by Crippen LogP contribution is 2.26. The van der Waals surface area contributed by atoms with Gasteiger partial charge in [0.2, 0.25) is 0 Å². The van der Waals surface area contributed by atoms with E-state index in [1.165, 1.54) is 18.2 Å². The lowest BCUT2D eigenvalue weighted by Crippen LogP contribution is -2.07. The molecule has 20 heavy (non-hydrogen) atoms. The number of hydrogen-bond donors (Lipinski definition) is 2. The van der Waals surface area contributed by atoms with Gasteiger partial charge in [-0.1, -0.05) is 6.92 Å². The van der Waals surface area contributed by atoms with Crippen molar-refractivity contribution in [3.63, 3.8) is 0 Å². The summed E-state index contributed by atoms with van der Waals surface area (Å²) in [6.45, 7) is 2.00. The number of nitrogens with one attached hydrogen (secondary N) is 1. The van der Waals surface area contributed by atoms with Gasteiger partial charge in [-0.25, -0.2) is 0 Å². The zero-order chi connectivity index (χ0) is 15.1. The fourth-order valence-corrected chi connectivity index (χ4v) is 1.67. The molecule has 0 amide bonds. The second-order valence-electron chi connectivity index (χ2n) is 4.19. The summed E-state index contributed by atoms with van der Waals surface area (Å²) in [7, 11) is 0. The van der Waals surface area contributed by atoms with Gasteiger partial charge >= 0.3 is 5.97 Å². The fraction of sp³-hybridized carbons (Fsp3) is 0.385. The van der Waals surface area contributed by atoms with Crippen LogP contribution in [0.3, 0.4) is 0 Å². The molecule has 0 aliphatic carbocycles. The fourth-order valence-electron chi connectivity index (χ4n) is 1.67. The number of carboxylic acids is 1. The van der Waals surface area contributed by atoms with Crippen LogP contribution in [-0.2, 0) is 4.79 Å². The lowest BCUT2D eigenvalue weighted by molar-refractivity contribution is -0.384. The molecule has 2 N–H and O–H groups in total. The molecule has 1 rings (SSSR count). The minimum Gasteiger partial charge on any atom is -0.481 e. The Balaban J connectivity index is 2.82. The lowest BCUT2D eigenvalue weighted by Gasteiger charge is -2.07. The molecule has 0 heterocycles. The number of carbonyl (C=O) groups excluding carboxylic acids is 1. The number of benzene rings is 1. The molecule has 0 unspecified atom stereocenters. The molecule has 7 heteroatoms. The number of carbonyl (C=O) groups is 2. The van der Waals surface area contributed by atoms with Crippen molar-refractivity contribution >= 4 is 23.1 Å². The van der Waals surface area contributed by atoms with Gasteiger partial charge in [0, 0.05) is 31.0 Å². The van der Waals surface area contributed by atoms with Gasteiger partial charge in [-0.05, 0) is 18.6 Å². The Morgan fingerprint density at radius 1 is 1.40 bits per heavy atom. The summed E-state index contributed by atoms with van der Waals surface area (Å²) in [6, 6.07) is 4.24. The van der Waals surface area contributed by atoms with Crippen LogP contribution >= 0.6 is 0 Å². The molecule has 0 bridgehead atoms. The number of nitro groups is 1. The number of rotatable bonds is 8. The summed E-state index contributed by atoms with van der Waals surface area (Å²) >= 11 is 0. The molecule has 1 aromatic rings. The van der Waals surface area contributed by atoms with Crippen molar-refractivity contribution in [2.45, 2.75) is 26.2 Å². The van der Waals surface area contributed by atoms with E-state index < -0.39 is 10.9 Å². The monoisotopic (exact) mass is 280 g/mol. The van der Waals surface area contributed by atoms with E-state index in [1.54, 1.807) is 6.92 Å². The van der Waals surface area contributed by atoms with E-state index in [0.717, 1.165) is 0 Å². The van der Waals surface area contributed by atoms with Crippen molar-refractivity contribution in [3.8, 4) is 0 Å². The van der Waals surface area contributed by atoms with Gasteiger partial charge in [-0.3, -0.25) is 19.7 Å². The van der Waals surface area contributed by atoms with E-state index in [9.17, 15) is 19.7 Å². The summed E-state index contributed by atoms with van der Waals surface area (Å²) < 4.78 is 0. The molecule has 0 saturated heterocycles. The normalized spacial score (nSPS) is 10.1. The van der Waals surface area contributed by atoms with E-state index in [4.69, 9.17) is 5.11 Å². The Morgan fingerprint density at radius 3 is 2.65 bits per heavy atom. The summed E-state index contributed by atoms with van der Waals surface area (Å²) in [5.41, 5.74) is 0.406. The SMILES string of the molecule is CCC(=O)c1ccc(NCCCC(=O)O)c([N+](=O)[O-])c1. The lowest BCUT2D eigenvalue weighted by atomic mass is 10.1. The third-order valence-electron chi connectivity index (χ3n) is 2.72. The van der Waals surface area contributed by atoms with Crippen molar-refractivity contribution in [1.29, 1.82) is 0 Å². The van der Waals surface area contributed by atoms with Gasteiger partial charge in [0.15, 0.2) is 5.78 Å². The first-order chi connectivity index (χ1) is 9.45. The van der Waals surface area contributed by atoms with Crippen LogP contribution in [-0.4, -0.2) is 28.3 Å². The van der Waals surface area contributed by atoms with Gasteiger partial charge in [0.1, 0.15) is 5.69 Å². The van der Waals surface area contributed by atoms with Crippen molar-refractivity contribution < 1.29 is 19.6 Å². The van der Waals surface area contributed by atoms with E-state index in [1.807, 2.05) is 0 Å².